The fourth-order valence-electron chi connectivity index (χ4n) is 2.47. The zero-order valence-corrected chi connectivity index (χ0v) is 12.4. The first-order valence-corrected chi connectivity index (χ1v) is 6.64. The highest BCUT2D eigenvalue weighted by Gasteiger charge is 2.70. The summed E-state index contributed by atoms with van der Waals surface area (Å²) in [6.07, 6.45) is -3.72. The number of nitrogens with two attached hydrogens (primary N) is 1. The molecule has 0 spiro atoms. The number of hydroxylamine groups is 2. The zero-order chi connectivity index (χ0) is 19.2. The number of alkyl halides is 1. The Bertz CT molecular complexity index is 796. The minimum atomic E-state index is -3.42. The van der Waals surface area contributed by atoms with Crippen molar-refractivity contribution in [2.45, 2.75) is 23.8 Å². The molecule has 1 fully saturated rings. The Labute approximate surface area is 136 Å². The third-order valence-corrected chi connectivity index (χ3v) is 3.78. The van der Waals surface area contributed by atoms with Gasteiger partial charge in [0.2, 0.25) is 5.72 Å². The summed E-state index contributed by atoms with van der Waals surface area (Å²) in [6.45, 7) is -2.87. The van der Waals surface area contributed by atoms with Crippen LogP contribution in [0, 0.1) is 0 Å². The summed E-state index contributed by atoms with van der Waals surface area (Å²) in [5, 5.41) is 49.2. The molecule has 8 N–H and O–H groups in total. The highest BCUT2D eigenvalue weighted by molar-refractivity contribution is 5.91. The Hall–Kier alpha value is -2.20. The van der Waals surface area contributed by atoms with Crippen molar-refractivity contribution in [2.75, 3.05) is 13.4 Å². The van der Waals surface area contributed by atoms with Crippen LogP contribution >= 0.6 is 0 Å². The Morgan fingerprint density at radius 1 is 1.48 bits per heavy atom. The average Bonchev–Trinajstić information content (AvgIpc) is 2.76. The molecule has 4 atom stereocenters. The van der Waals surface area contributed by atoms with E-state index in [4.69, 9.17) is 15.6 Å². The van der Waals surface area contributed by atoms with Gasteiger partial charge in [-0.2, -0.15) is 0 Å². The fourth-order valence-corrected chi connectivity index (χ4v) is 2.47. The minimum absolute atomic E-state index is 0.00620. The second-order valence-electron chi connectivity index (χ2n) is 5.17. The number of nitrogens with one attached hydrogen (secondary N) is 1. The molecule has 2 heterocycles. The van der Waals surface area contributed by atoms with E-state index in [1.165, 1.54) is 0 Å². The van der Waals surface area contributed by atoms with E-state index in [-0.39, 0.29) is 4.57 Å². The molecule has 2 rings (SSSR count). The van der Waals surface area contributed by atoms with Crippen LogP contribution in [-0.4, -0.2) is 77.5 Å². The standard InChI is InChI=1S/C11H15FN4O9/c12-3-16(24)10(22)6(18)5(2-17)25-11(10,23)15-1-4(7(13)19)8(20)14-9(15)21/h1,5-6,17-18,22-24H,2-3H2,(H2,13,19)(H,14,20,21)/t5-,6-,10-,11+/m1/s1. The molecule has 25 heavy (non-hydrogen) atoms. The lowest BCUT2D eigenvalue weighted by atomic mass is 10.0. The summed E-state index contributed by atoms with van der Waals surface area (Å²) in [5.41, 5.74) is -2.02. The molecule has 1 aliphatic rings. The molecule has 0 aliphatic carbocycles. The monoisotopic (exact) mass is 366 g/mol. The molecule has 140 valence electrons. The van der Waals surface area contributed by atoms with E-state index in [2.05, 4.69) is 0 Å². The maximum Gasteiger partial charge on any atom is 0.332 e. The summed E-state index contributed by atoms with van der Waals surface area (Å²) in [4.78, 5) is 36.3. The number of carbonyl (C=O) groups excluding carboxylic acids is 1. The lowest BCUT2D eigenvalue weighted by Crippen LogP contribution is -2.68. The minimum Gasteiger partial charge on any atom is -0.394 e. The second kappa shape index (κ2) is 6.26. The Balaban J connectivity index is 2.78. The van der Waals surface area contributed by atoms with Crippen molar-refractivity contribution in [1.29, 1.82) is 0 Å². The predicted molar refractivity (Wildman–Crippen MR) is 72.5 cm³/mol. The van der Waals surface area contributed by atoms with Gasteiger partial charge in [-0.05, 0) is 0 Å². The van der Waals surface area contributed by atoms with Gasteiger partial charge in [0.15, 0.2) is 6.80 Å². The summed E-state index contributed by atoms with van der Waals surface area (Å²) in [6, 6.07) is 0. The number of ether oxygens (including phenoxy) is 1. The third-order valence-electron chi connectivity index (χ3n) is 3.78. The number of rotatable bonds is 5. The average molecular weight is 366 g/mol. The van der Waals surface area contributed by atoms with Crippen LogP contribution in [0.15, 0.2) is 15.8 Å². The third kappa shape index (κ3) is 2.56. The van der Waals surface area contributed by atoms with Gasteiger partial charge >= 0.3 is 11.6 Å². The number of amides is 1. The number of hydrogen-bond donors (Lipinski definition) is 7. The molecule has 0 saturated carbocycles. The van der Waals surface area contributed by atoms with Crippen molar-refractivity contribution in [3.8, 4) is 0 Å². The van der Waals surface area contributed by atoms with Gasteiger partial charge in [0.25, 0.3) is 11.5 Å². The van der Waals surface area contributed by atoms with Crippen molar-refractivity contribution in [3.05, 3.63) is 32.6 Å². The van der Waals surface area contributed by atoms with Gasteiger partial charge in [-0.3, -0.25) is 14.6 Å². The number of aromatic nitrogens is 2. The molecule has 14 heteroatoms. The first-order chi connectivity index (χ1) is 11.5. The SMILES string of the molecule is NC(=O)c1cn([C@@]2(O)O[C@H](CO)[C@@H](O)[C@]2(O)N(O)CF)c(=O)[nH]c1=O. The number of hydrogen-bond acceptors (Lipinski definition) is 10. The van der Waals surface area contributed by atoms with Gasteiger partial charge < -0.3 is 36.1 Å². The number of aliphatic hydroxyl groups excluding tert-OH is 2. The summed E-state index contributed by atoms with van der Waals surface area (Å²) in [7, 11) is 0. The van der Waals surface area contributed by atoms with Crippen LogP contribution in [0.1, 0.15) is 10.4 Å². The molecule has 1 saturated heterocycles. The molecular weight excluding hydrogens is 351 g/mol. The zero-order valence-electron chi connectivity index (χ0n) is 12.4. The largest absolute Gasteiger partial charge is 0.394 e. The highest BCUT2D eigenvalue weighted by atomic mass is 19.1. The van der Waals surface area contributed by atoms with E-state index in [0.717, 1.165) is 0 Å². The number of aliphatic hydroxyl groups is 4. The van der Waals surface area contributed by atoms with E-state index in [1.54, 1.807) is 4.98 Å². The van der Waals surface area contributed by atoms with E-state index in [9.17, 15) is 39.3 Å². The van der Waals surface area contributed by atoms with E-state index in [1.807, 2.05) is 0 Å². The van der Waals surface area contributed by atoms with Crippen LogP contribution in [0.3, 0.4) is 0 Å². The number of halogens is 1. The number of aromatic amines is 1. The van der Waals surface area contributed by atoms with Crippen LogP contribution in [0.5, 0.6) is 0 Å². The number of carbonyl (C=O) groups is 1. The van der Waals surface area contributed by atoms with Crippen LogP contribution in [0.2, 0.25) is 0 Å². The molecule has 13 nitrogen and oxygen atoms in total. The van der Waals surface area contributed by atoms with Crippen molar-refractivity contribution < 1.29 is 39.6 Å². The van der Waals surface area contributed by atoms with Crippen LogP contribution in [0.4, 0.5) is 4.39 Å². The smallest absolute Gasteiger partial charge is 0.332 e. The van der Waals surface area contributed by atoms with E-state index >= 15 is 0 Å². The lowest BCUT2D eigenvalue weighted by Gasteiger charge is -2.40. The number of nitrogens with zero attached hydrogens (tertiary/aromatic N) is 2. The molecule has 0 radical (unpaired) electrons. The molecular formula is C11H15FN4O9. The van der Waals surface area contributed by atoms with Crippen LogP contribution in [0.25, 0.3) is 0 Å². The summed E-state index contributed by atoms with van der Waals surface area (Å²) < 4.78 is 17.7. The lowest BCUT2D eigenvalue weighted by molar-refractivity contribution is -0.416. The van der Waals surface area contributed by atoms with Crippen LogP contribution < -0.4 is 17.0 Å². The highest BCUT2D eigenvalue weighted by Crippen LogP contribution is 2.42. The number of H-pyrrole nitrogens is 1. The molecule has 1 aromatic heterocycles. The number of primary amides is 1. The normalized spacial score (nSPS) is 32.3. The van der Waals surface area contributed by atoms with Crippen molar-refractivity contribution in [3.63, 3.8) is 0 Å². The van der Waals surface area contributed by atoms with Crippen molar-refractivity contribution >= 4 is 5.91 Å². The second-order valence-corrected chi connectivity index (χ2v) is 5.17. The topological polar surface area (TPSA) is 212 Å². The molecule has 1 amide bonds. The predicted octanol–water partition coefficient (Wildman–Crippen LogP) is -4.70. The maximum atomic E-state index is 12.9. The quantitative estimate of drug-likeness (QED) is 0.150. The fraction of sp³-hybridized carbons (Fsp3) is 0.545. The molecule has 0 unspecified atom stereocenters. The van der Waals surface area contributed by atoms with Gasteiger partial charge in [0.1, 0.15) is 17.8 Å². The molecule has 1 aromatic rings. The Kier molecular flexibility index (Phi) is 4.79. The first-order valence-electron chi connectivity index (χ1n) is 6.64. The summed E-state index contributed by atoms with van der Waals surface area (Å²) in [5.74, 6) is -4.75. The van der Waals surface area contributed by atoms with Gasteiger partial charge in [-0.15, -0.1) is 5.06 Å². The van der Waals surface area contributed by atoms with Gasteiger partial charge in [-0.25, -0.2) is 13.8 Å². The van der Waals surface area contributed by atoms with Crippen molar-refractivity contribution in [1.82, 2.24) is 14.6 Å². The molecule has 1 aliphatic heterocycles. The van der Waals surface area contributed by atoms with Crippen molar-refractivity contribution in [2.24, 2.45) is 5.73 Å². The maximum absolute atomic E-state index is 12.9. The Morgan fingerprint density at radius 3 is 2.56 bits per heavy atom. The van der Waals surface area contributed by atoms with E-state index in [0.29, 0.717) is 6.20 Å². The van der Waals surface area contributed by atoms with Gasteiger partial charge in [-0.1, -0.05) is 0 Å². The Morgan fingerprint density at radius 2 is 2.08 bits per heavy atom. The van der Waals surface area contributed by atoms with Gasteiger partial charge in [0, 0.05) is 6.20 Å². The van der Waals surface area contributed by atoms with Crippen LogP contribution in [-0.2, 0) is 10.6 Å². The summed E-state index contributed by atoms with van der Waals surface area (Å²) >= 11 is 0. The van der Waals surface area contributed by atoms with E-state index < -0.39 is 65.0 Å². The van der Waals surface area contributed by atoms with Gasteiger partial charge in [0.05, 0.1) is 6.61 Å². The molecule has 0 aromatic carbocycles. The molecule has 0 bridgehead atoms. The first kappa shape index (κ1) is 19.1.